The van der Waals surface area contributed by atoms with Gasteiger partial charge in [0.1, 0.15) is 5.75 Å². The van der Waals surface area contributed by atoms with Gasteiger partial charge < -0.3 is 5.11 Å². The highest BCUT2D eigenvalue weighted by atomic mass is 16.3. The lowest BCUT2D eigenvalue weighted by molar-refractivity contribution is 0.466. The van der Waals surface area contributed by atoms with Crippen molar-refractivity contribution in [3.05, 3.63) is 29.3 Å². The molecule has 156 valence electrons. The van der Waals surface area contributed by atoms with Gasteiger partial charge in [-0.2, -0.15) is 0 Å². The summed E-state index contributed by atoms with van der Waals surface area (Å²) in [7, 11) is 0. The first kappa shape index (κ1) is 24.1. The molecule has 0 spiro atoms. The largest absolute Gasteiger partial charge is 0.508 e. The molecule has 27 heavy (non-hydrogen) atoms. The first-order chi connectivity index (χ1) is 13.3. The van der Waals surface area contributed by atoms with E-state index in [1.165, 1.54) is 115 Å². The van der Waals surface area contributed by atoms with Gasteiger partial charge in [0, 0.05) is 0 Å². The SMILES string of the molecule is CCCCCCCCCCCCCCc1ccc(O)c(CCCCCC)c1. The van der Waals surface area contributed by atoms with Crippen LogP contribution in [0.25, 0.3) is 0 Å². The molecule has 1 rings (SSSR count). The van der Waals surface area contributed by atoms with E-state index in [1.807, 2.05) is 6.07 Å². The summed E-state index contributed by atoms with van der Waals surface area (Å²) in [6.07, 6.45) is 24.1. The minimum atomic E-state index is 0.491. The maximum atomic E-state index is 10.1. The smallest absolute Gasteiger partial charge is 0.118 e. The second-order valence-electron chi connectivity index (χ2n) is 8.41. The van der Waals surface area contributed by atoms with Crippen LogP contribution in [-0.4, -0.2) is 5.11 Å². The topological polar surface area (TPSA) is 20.2 Å². The summed E-state index contributed by atoms with van der Waals surface area (Å²) >= 11 is 0. The van der Waals surface area contributed by atoms with Crippen LogP contribution in [0.15, 0.2) is 18.2 Å². The van der Waals surface area contributed by atoms with Crippen LogP contribution in [-0.2, 0) is 12.8 Å². The number of phenolic OH excluding ortho intramolecular Hbond substituents is 1. The van der Waals surface area contributed by atoms with E-state index in [0.29, 0.717) is 5.75 Å². The Labute approximate surface area is 170 Å². The molecule has 0 unspecified atom stereocenters. The molecule has 1 nitrogen and oxygen atoms in total. The predicted molar refractivity (Wildman–Crippen MR) is 121 cm³/mol. The van der Waals surface area contributed by atoms with Gasteiger partial charge in [-0.1, -0.05) is 116 Å². The summed E-state index contributed by atoms with van der Waals surface area (Å²) in [5, 5.41) is 10.1. The van der Waals surface area contributed by atoms with E-state index in [-0.39, 0.29) is 0 Å². The molecule has 0 saturated heterocycles. The summed E-state index contributed by atoms with van der Waals surface area (Å²) in [6, 6.07) is 6.27. The van der Waals surface area contributed by atoms with Gasteiger partial charge >= 0.3 is 0 Å². The molecule has 1 aromatic rings. The van der Waals surface area contributed by atoms with Crippen molar-refractivity contribution >= 4 is 0 Å². The minimum Gasteiger partial charge on any atom is -0.508 e. The second kappa shape index (κ2) is 17.1. The fraction of sp³-hybridized carbons (Fsp3) is 0.769. The van der Waals surface area contributed by atoms with Crippen LogP contribution in [0.1, 0.15) is 128 Å². The highest BCUT2D eigenvalue weighted by Gasteiger charge is 2.03. The zero-order valence-corrected chi connectivity index (χ0v) is 18.4. The van der Waals surface area contributed by atoms with Crippen LogP contribution in [0.4, 0.5) is 0 Å². The number of benzene rings is 1. The molecule has 0 atom stereocenters. The molecule has 1 heteroatoms. The molecule has 0 aliphatic heterocycles. The van der Waals surface area contributed by atoms with Crippen molar-refractivity contribution < 1.29 is 5.11 Å². The Morgan fingerprint density at radius 1 is 0.556 bits per heavy atom. The lowest BCUT2D eigenvalue weighted by atomic mass is 9.99. The fourth-order valence-corrected chi connectivity index (χ4v) is 3.91. The summed E-state index contributed by atoms with van der Waals surface area (Å²) in [6.45, 7) is 4.53. The Balaban J connectivity index is 2.04. The van der Waals surface area contributed by atoms with E-state index < -0.39 is 0 Å². The highest BCUT2D eigenvalue weighted by molar-refractivity contribution is 5.36. The van der Waals surface area contributed by atoms with E-state index in [4.69, 9.17) is 0 Å². The molecular weight excluding hydrogens is 328 g/mol. The van der Waals surface area contributed by atoms with Gasteiger partial charge in [0.2, 0.25) is 0 Å². The predicted octanol–water partition coefficient (Wildman–Crippen LogP) is 8.76. The summed E-state index contributed by atoms with van der Waals surface area (Å²) in [5.41, 5.74) is 2.56. The fourth-order valence-electron chi connectivity index (χ4n) is 3.91. The standard InChI is InChI=1S/C26H46O/c1-3-5-7-9-10-11-12-13-14-15-16-17-19-24-21-22-26(27)25(23-24)20-18-8-6-4-2/h21-23,27H,3-20H2,1-2H3. The number of unbranched alkanes of at least 4 members (excludes halogenated alkanes) is 14. The number of hydrogen-bond acceptors (Lipinski definition) is 1. The molecule has 0 fully saturated rings. The van der Waals surface area contributed by atoms with E-state index in [0.717, 1.165) is 12.0 Å². The Morgan fingerprint density at radius 3 is 1.56 bits per heavy atom. The maximum Gasteiger partial charge on any atom is 0.118 e. The van der Waals surface area contributed by atoms with Crippen molar-refractivity contribution in [1.82, 2.24) is 0 Å². The normalized spacial score (nSPS) is 11.2. The number of rotatable bonds is 18. The van der Waals surface area contributed by atoms with Crippen LogP contribution < -0.4 is 0 Å². The van der Waals surface area contributed by atoms with Gasteiger partial charge in [0.25, 0.3) is 0 Å². The highest BCUT2D eigenvalue weighted by Crippen LogP contribution is 2.22. The van der Waals surface area contributed by atoms with Gasteiger partial charge in [-0.05, 0) is 42.9 Å². The van der Waals surface area contributed by atoms with E-state index in [1.54, 1.807) is 0 Å². The molecule has 0 amide bonds. The van der Waals surface area contributed by atoms with Crippen LogP contribution in [0.3, 0.4) is 0 Å². The van der Waals surface area contributed by atoms with E-state index in [2.05, 4.69) is 26.0 Å². The third-order valence-electron chi connectivity index (χ3n) is 5.76. The summed E-state index contributed by atoms with van der Waals surface area (Å²) in [4.78, 5) is 0. The molecule has 0 aromatic heterocycles. The molecule has 0 heterocycles. The van der Waals surface area contributed by atoms with Crippen LogP contribution in [0.2, 0.25) is 0 Å². The van der Waals surface area contributed by atoms with Gasteiger partial charge in [-0.15, -0.1) is 0 Å². The van der Waals surface area contributed by atoms with Crippen molar-refractivity contribution in [2.24, 2.45) is 0 Å². The average Bonchev–Trinajstić information content (AvgIpc) is 2.68. The lowest BCUT2D eigenvalue weighted by Gasteiger charge is -2.08. The number of hydrogen-bond donors (Lipinski definition) is 1. The maximum absolute atomic E-state index is 10.1. The van der Waals surface area contributed by atoms with E-state index >= 15 is 0 Å². The van der Waals surface area contributed by atoms with Gasteiger partial charge in [-0.3, -0.25) is 0 Å². The molecule has 1 aromatic carbocycles. The first-order valence-corrected chi connectivity index (χ1v) is 12.1. The number of aromatic hydroxyl groups is 1. The monoisotopic (exact) mass is 374 g/mol. The van der Waals surface area contributed by atoms with E-state index in [9.17, 15) is 5.11 Å². The van der Waals surface area contributed by atoms with Crippen molar-refractivity contribution in [1.29, 1.82) is 0 Å². The van der Waals surface area contributed by atoms with Crippen molar-refractivity contribution in [3.63, 3.8) is 0 Å². The molecule has 0 saturated carbocycles. The quantitative estimate of drug-likeness (QED) is 0.255. The summed E-state index contributed by atoms with van der Waals surface area (Å²) in [5.74, 6) is 0.491. The Hall–Kier alpha value is -0.980. The molecule has 0 bridgehead atoms. The lowest BCUT2D eigenvalue weighted by Crippen LogP contribution is -1.92. The number of aryl methyl sites for hydroxylation is 2. The van der Waals surface area contributed by atoms with Crippen molar-refractivity contribution in [3.8, 4) is 5.75 Å². The first-order valence-electron chi connectivity index (χ1n) is 12.1. The zero-order valence-electron chi connectivity index (χ0n) is 18.4. The van der Waals surface area contributed by atoms with Crippen molar-refractivity contribution in [2.45, 2.75) is 129 Å². The molecule has 0 radical (unpaired) electrons. The third kappa shape index (κ3) is 12.9. The van der Waals surface area contributed by atoms with Gasteiger partial charge in [0.15, 0.2) is 0 Å². The molecule has 0 aliphatic carbocycles. The molecule has 1 N–H and O–H groups in total. The average molecular weight is 375 g/mol. The van der Waals surface area contributed by atoms with Gasteiger partial charge in [-0.25, -0.2) is 0 Å². The zero-order chi connectivity index (χ0) is 19.6. The summed E-state index contributed by atoms with van der Waals surface area (Å²) < 4.78 is 0. The Kier molecular flexibility index (Phi) is 15.3. The molecular formula is C26H46O. The third-order valence-corrected chi connectivity index (χ3v) is 5.76. The Morgan fingerprint density at radius 2 is 1.00 bits per heavy atom. The van der Waals surface area contributed by atoms with Crippen LogP contribution >= 0.6 is 0 Å². The second-order valence-corrected chi connectivity index (χ2v) is 8.41. The van der Waals surface area contributed by atoms with Gasteiger partial charge in [0.05, 0.1) is 0 Å². The number of phenols is 1. The van der Waals surface area contributed by atoms with Crippen LogP contribution in [0, 0.1) is 0 Å². The minimum absolute atomic E-state index is 0.491. The molecule has 0 aliphatic rings. The van der Waals surface area contributed by atoms with Crippen LogP contribution in [0.5, 0.6) is 5.75 Å². The Bertz CT molecular complexity index is 452. The van der Waals surface area contributed by atoms with Crippen molar-refractivity contribution in [2.75, 3.05) is 0 Å².